The Morgan fingerprint density at radius 3 is 2.31 bits per heavy atom. The molecule has 1 aliphatic rings. The zero-order valence-electron chi connectivity index (χ0n) is 20.1. The van der Waals surface area contributed by atoms with Crippen LogP contribution in [-0.2, 0) is 27.3 Å². The van der Waals surface area contributed by atoms with Crippen LogP contribution in [0.2, 0.25) is 5.02 Å². The van der Waals surface area contributed by atoms with E-state index < -0.39 is 6.04 Å². The largest absolute Gasteiger partial charge is 0.482 e. The summed E-state index contributed by atoms with van der Waals surface area (Å²) in [6.07, 6.45) is 2.30. The van der Waals surface area contributed by atoms with Crippen LogP contribution >= 0.6 is 11.6 Å². The highest BCUT2D eigenvalue weighted by Crippen LogP contribution is 2.23. The van der Waals surface area contributed by atoms with E-state index >= 15 is 0 Å². The topological polar surface area (TPSA) is 67.9 Å². The Labute approximate surface area is 217 Å². The lowest BCUT2D eigenvalue weighted by molar-refractivity contribution is -0.143. The van der Waals surface area contributed by atoms with E-state index in [2.05, 4.69) is 5.32 Å². The van der Waals surface area contributed by atoms with Crippen molar-refractivity contribution in [3.05, 3.63) is 101 Å². The van der Waals surface area contributed by atoms with Crippen LogP contribution in [-0.4, -0.2) is 48.6 Å². The Kier molecular flexibility index (Phi) is 9.36. The molecule has 36 heavy (non-hydrogen) atoms. The molecule has 1 saturated heterocycles. The first kappa shape index (κ1) is 25.7. The molecule has 0 saturated carbocycles. The number of hydrogen-bond donors (Lipinski definition) is 1. The van der Waals surface area contributed by atoms with Gasteiger partial charge in [0.1, 0.15) is 11.8 Å². The predicted molar refractivity (Wildman–Crippen MR) is 140 cm³/mol. The number of ether oxygens (including phenoxy) is 2. The second-order valence-corrected chi connectivity index (χ2v) is 9.22. The van der Waals surface area contributed by atoms with E-state index in [1.807, 2.05) is 60.7 Å². The average Bonchev–Trinajstić information content (AvgIpc) is 3.44. The second-order valence-electron chi connectivity index (χ2n) is 8.81. The summed E-state index contributed by atoms with van der Waals surface area (Å²) in [5.41, 5.74) is 1.89. The molecule has 4 rings (SSSR count). The molecule has 2 amide bonds. The number of hydrogen-bond acceptors (Lipinski definition) is 4. The summed E-state index contributed by atoms with van der Waals surface area (Å²) >= 11 is 6.21. The fourth-order valence-electron chi connectivity index (χ4n) is 4.26. The van der Waals surface area contributed by atoms with Gasteiger partial charge in [-0.25, -0.2) is 0 Å². The van der Waals surface area contributed by atoms with Crippen molar-refractivity contribution in [2.75, 3.05) is 19.8 Å². The fraction of sp³-hybridized carbons (Fsp3) is 0.310. The van der Waals surface area contributed by atoms with Crippen LogP contribution in [0.4, 0.5) is 0 Å². The van der Waals surface area contributed by atoms with Gasteiger partial charge in [0.05, 0.1) is 11.1 Å². The van der Waals surface area contributed by atoms with Gasteiger partial charge in [-0.2, -0.15) is 0 Å². The van der Waals surface area contributed by atoms with Gasteiger partial charge in [0.25, 0.3) is 5.91 Å². The molecule has 188 valence electrons. The monoisotopic (exact) mass is 506 g/mol. The van der Waals surface area contributed by atoms with Gasteiger partial charge in [0.2, 0.25) is 5.91 Å². The zero-order valence-corrected chi connectivity index (χ0v) is 20.9. The number of amides is 2. The van der Waals surface area contributed by atoms with Crippen LogP contribution in [0.25, 0.3) is 0 Å². The maximum Gasteiger partial charge on any atom is 0.261 e. The molecule has 3 aromatic carbocycles. The maximum atomic E-state index is 13.6. The van der Waals surface area contributed by atoms with E-state index in [1.54, 1.807) is 29.2 Å². The van der Waals surface area contributed by atoms with Gasteiger partial charge in [-0.05, 0) is 36.1 Å². The Morgan fingerprint density at radius 2 is 1.64 bits per heavy atom. The third-order valence-electron chi connectivity index (χ3n) is 6.18. The number of carbonyl (C=O) groups is 2. The molecular weight excluding hydrogens is 476 g/mol. The van der Waals surface area contributed by atoms with E-state index in [9.17, 15) is 9.59 Å². The van der Waals surface area contributed by atoms with E-state index in [1.165, 1.54) is 0 Å². The summed E-state index contributed by atoms with van der Waals surface area (Å²) < 4.78 is 11.4. The summed E-state index contributed by atoms with van der Waals surface area (Å²) in [5, 5.41) is 3.46. The summed E-state index contributed by atoms with van der Waals surface area (Å²) in [6.45, 7) is 1.18. The molecule has 0 aliphatic carbocycles. The molecule has 6 nitrogen and oxygen atoms in total. The molecule has 7 heteroatoms. The third kappa shape index (κ3) is 7.33. The first-order valence-electron chi connectivity index (χ1n) is 12.2. The van der Waals surface area contributed by atoms with Crippen LogP contribution in [0.15, 0.2) is 84.9 Å². The first-order chi connectivity index (χ1) is 17.6. The molecule has 1 heterocycles. The number of rotatable bonds is 11. The van der Waals surface area contributed by atoms with Crippen molar-refractivity contribution in [1.29, 1.82) is 0 Å². The van der Waals surface area contributed by atoms with Crippen LogP contribution in [0.3, 0.4) is 0 Å². The molecule has 2 unspecified atom stereocenters. The third-order valence-corrected chi connectivity index (χ3v) is 6.49. The molecule has 0 bridgehead atoms. The van der Waals surface area contributed by atoms with E-state index in [-0.39, 0.29) is 31.1 Å². The van der Waals surface area contributed by atoms with Crippen LogP contribution < -0.4 is 10.1 Å². The minimum absolute atomic E-state index is 0.00755. The van der Waals surface area contributed by atoms with Crippen molar-refractivity contribution in [2.45, 2.75) is 38.0 Å². The molecular formula is C29H31ClN2O4. The lowest BCUT2D eigenvalue weighted by atomic mass is 10.0. The molecule has 3 aromatic rings. The highest BCUT2D eigenvalue weighted by Gasteiger charge is 2.31. The Bertz CT molecular complexity index is 1120. The maximum absolute atomic E-state index is 13.6. The van der Waals surface area contributed by atoms with Gasteiger partial charge in [-0.15, -0.1) is 0 Å². The number of carbonyl (C=O) groups excluding carboxylic acids is 2. The fourth-order valence-corrected chi connectivity index (χ4v) is 4.45. The number of halogens is 1. The van der Waals surface area contributed by atoms with Gasteiger partial charge in [-0.3, -0.25) is 9.59 Å². The summed E-state index contributed by atoms with van der Waals surface area (Å²) in [6, 6.07) is 25.7. The van der Waals surface area contributed by atoms with Gasteiger partial charge < -0.3 is 19.7 Å². The smallest absolute Gasteiger partial charge is 0.261 e. The molecule has 0 radical (unpaired) electrons. The average molecular weight is 507 g/mol. The van der Waals surface area contributed by atoms with Crippen LogP contribution in [0.5, 0.6) is 5.75 Å². The first-order valence-corrected chi connectivity index (χ1v) is 12.6. The van der Waals surface area contributed by atoms with E-state index in [0.717, 1.165) is 24.0 Å². The summed E-state index contributed by atoms with van der Waals surface area (Å²) in [7, 11) is 0. The predicted octanol–water partition coefficient (Wildman–Crippen LogP) is 4.65. The Balaban J connectivity index is 1.57. The number of benzene rings is 3. The van der Waals surface area contributed by atoms with Crippen molar-refractivity contribution >= 4 is 23.4 Å². The molecule has 1 aliphatic heterocycles. The minimum Gasteiger partial charge on any atom is -0.482 e. The van der Waals surface area contributed by atoms with Crippen molar-refractivity contribution in [3.63, 3.8) is 0 Å². The van der Waals surface area contributed by atoms with Gasteiger partial charge >= 0.3 is 0 Å². The Hall–Kier alpha value is -3.35. The SMILES string of the molecule is O=C(NCC1CCCO1)C(Cc1ccccc1)N(Cc1ccccc1)C(=O)COc1ccccc1Cl. The van der Waals surface area contributed by atoms with Gasteiger partial charge in [0, 0.05) is 26.1 Å². The number of para-hydroxylation sites is 1. The number of nitrogens with zero attached hydrogens (tertiary/aromatic N) is 1. The van der Waals surface area contributed by atoms with Crippen molar-refractivity contribution in [2.24, 2.45) is 0 Å². The highest BCUT2D eigenvalue weighted by atomic mass is 35.5. The molecule has 1 fully saturated rings. The summed E-state index contributed by atoms with van der Waals surface area (Å²) in [4.78, 5) is 28.7. The van der Waals surface area contributed by atoms with Gasteiger partial charge in [0.15, 0.2) is 6.61 Å². The summed E-state index contributed by atoms with van der Waals surface area (Å²) in [5.74, 6) is -0.0852. The van der Waals surface area contributed by atoms with E-state index in [4.69, 9.17) is 21.1 Å². The second kappa shape index (κ2) is 13.1. The van der Waals surface area contributed by atoms with Crippen molar-refractivity contribution in [3.8, 4) is 5.75 Å². The standard InChI is InChI=1S/C29H31ClN2O4/c30-25-15-7-8-16-27(25)36-21-28(33)32(20-23-12-5-2-6-13-23)26(18-22-10-3-1-4-11-22)29(34)31-19-24-14-9-17-35-24/h1-8,10-13,15-16,24,26H,9,14,17-21H2,(H,31,34). The normalized spacial score (nSPS) is 15.8. The van der Waals surface area contributed by atoms with Gasteiger partial charge in [-0.1, -0.05) is 84.4 Å². The molecule has 1 N–H and O–H groups in total. The van der Waals surface area contributed by atoms with Crippen LogP contribution in [0.1, 0.15) is 24.0 Å². The lowest BCUT2D eigenvalue weighted by Gasteiger charge is -2.31. The Morgan fingerprint density at radius 1 is 0.972 bits per heavy atom. The van der Waals surface area contributed by atoms with Crippen LogP contribution in [0, 0.1) is 0 Å². The lowest BCUT2D eigenvalue weighted by Crippen LogP contribution is -2.52. The molecule has 2 atom stereocenters. The van der Waals surface area contributed by atoms with E-state index in [0.29, 0.717) is 30.3 Å². The molecule has 0 spiro atoms. The molecule has 0 aromatic heterocycles. The highest BCUT2D eigenvalue weighted by molar-refractivity contribution is 6.32. The number of nitrogens with one attached hydrogen (secondary N) is 1. The quantitative estimate of drug-likeness (QED) is 0.411. The van der Waals surface area contributed by atoms with Crippen molar-refractivity contribution < 1.29 is 19.1 Å². The van der Waals surface area contributed by atoms with Crippen molar-refractivity contribution in [1.82, 2.24) is 10.2 Å². The zero-order chi connectivity index (χ0) is 25.2. The minimum atomic E-state index is -0.726.